The van der Waals surface area contributed by atoms with E-state index in [0.717, 1.165) is 88.7 Å². The third kappa shape index (κ3) is 4.92. The molecule has 9 rings (SSSR count). The monoisotopic (exact) mass is 647 g/mol. The van der Waals surface area contributed by atoms with Crippen LogP contribution >= 0.6 is 0 Å². The Bertz CT molecular complexity index is 2640. The maximum absolute atomic E-state index is 6.59. The van der Waals surface area contributed by atoms with Gasteiger partial charge in [-0.3, -0.25) is 4.98 Å². The zero-order valence-electron chi connectivity index (χ0n) is 29.2. The number of rotatable bonds is 4. The van der Waals surface area contributed by atoms with Crippen LogP contribution in [-0.4, -0.2) is 4.98 Å². The van der Waals surface area contributed by atoms with Crippen LogP contribution in [0.25, 0.3) is 88.4 Å². The highest BCUT2D eigenvalue weighted by Gasteiger charge is 2.18. The number of aryl methyl sites for hydroxylation is 6. The van der Waals surface area contributed by atoms with Crippen molar-refractivity contribution < 1.29 is 8.83 Å². The van der Waals surface area contributed by atoms with Gasteiger partial charge in [-0.15, -0.1) is 0 Å². The summed E-state index contributed by atoms with van der Waals surface area (Å²) < 4.78 is 13.2. The standard InChI is InChI=1S/C47H37NO2/c1-26-13-30(5)44-40(17-26)42-19-28(3)15-38(46(42)49-44)34-11-7-9-32(21-34)36-23-37(25-48-24-36)33-10-8-12-35(22-33)39-16-29(4)20-43-41-18-27(2)14-31(6)45(41)50-47(39)43/h7-25H,1-6H3. The predicted molar refractivity (Wildman–Crippen MR) is 209 cm³/mol. The van der Waals surface area contributed by atoms with E-state index in [1.807, 2.05) is 12.4 Å². The molecule has 0 radical (unpaired) electrons. The molecule has 0 amide bonds. The first-order chi connectivity index (χ1) is 24.2. The topological polar surface area (TPSA) is 39.2 Å². The van der Waals surface area contributed by atoms with Crippen LogP contribution in [0.3, 0.4) is 0 Å². The second-order valence-corrected chi connectivity index (χ2v) is 14.1. The van der Waals surface area contributed by atoms with Crippen LogP contribution in [0.15, 0.2) is 124 Å². The van der Waals surface area contributed by atoms with Crippen molar-refractivity contribution in [3.8, 4) is 44.5 Å². The third-order valence-electron chi connectivity index (χ3n) is 10.0. The lowest BCUT2D eigenvalue weighted by atomic mass is 9.94. The van der Waals surface area contributed by atoms with E-state index in [-0.39, 0.29) is 0 Å². The van der Waals surface area contributed by atoms with Crippen molar-refractivity contribution in [2.24, 2.45) is 0 Å². The van der Waals surface area contributed by atoms with Gasteiger partial charge in [0.1, 0.15) is 22.3 Å². The average Bonchev–Trinajstić information content (AvgIpc) is 3.66. The molecule has 0 aliphatic carbocycles. The van der Waals surface area contributed by atoms with Crippen LogP contribution in [-0.2, 0) is 0 Å². The molecule has 9 aromatic rings. The SMILES string of the molecule is Cc1cc(C)c2oc3c(-c4cccc(-c5cncc(-c6cccc(-c7cc(C)cc8c7oc7c(C)cc(C)cc78)c6)c5)c4)cc(C)cc3c2c1. The number of aromatic nitrogens is 1. The predicted octanol–water partition coefficient (Wildman–Crippen LogP) is 13.4. The Hall–Kier alpha value is -5.93. The van der Waals surface area contributed by atoms with Gasteiger partial charge in [0.25, 0.3) is 0 Å². The van der Waals surface area contributed by atoms with Gasteiger partial charge in [0, 0.05) is 56.2 Å². The molecular weight excluding hydrogens is 611 g/mol. The van der Waals surface area contributed by atoms with E-state index in [2.05, 4.69) is 145 Å². The molecule has 0 saturated carbocycles. The second-order valence-electron chi connectivity index (χ2n) is 14.1. The molecule has 0 aliphatic rings. The fourth-order valence-electron chi connectivity index (χ4n) is 7.87. The summed E-state index contributed by atoms with van der Waals surface area (Å²) in [6, 6.07) is 37.5. The largest absolute Gasteiger partial charge is 0.455 e. The van der Waals surface area contributed by atoms with Crippen molar-refractivity contribution in [3.63, 3.8) is 0 Å². The molecule has 6 aromatic carbocycles. The quantitative estimate of drug-likeness (QED) is 0.191. The highest BCUT2D eigenvalue weighted by Crippen LogP contribution is 2.41. The molecule has 0 N–H and O–H groups in total. The van der Waals surface area contributed by atoms with Crippen molar-refractivity contribution in [2.75, 3.05) is 0 Å². The van der Waals surface area contributed by atoms with Crippen LogP contribution < -0.4 is 0 Å². The summed E-state index contributed by atoms with van der Waals surface area (Å²) in [5.74, 6) is 0. The first-order valence-corrected chi connectivity index (χ1v) is 17.2. The number of furan rings is 2. The Morgan fingerprint density at radius 2 is 0.720 bits per heavy atom. The number of hydrogen-bond donors (Lipinski definition) is 0. The zero-order chi connectivity index (χ0) is 34.3. The molecule has 0 spiro atoms. The number of hydrogen-bond acceptors (Lipinski definition) is 3. The second kappa shape index (κ2) is 11.3. The van der Waals surface area contributed by atoms with Gasteiger partial charge in [0.2, 0.25) is 0 Å². The molecule has 0 fully saturated rings. The van der Waals surface area contributed by atoms with Gasteiger partial charge in [0.15, 0.2) is 0 Å². The molecule has 0 atom stereocenters. The molecule has 0 saturated heterocycles. The third-order valence-corrected chi connectivity index (χ3v) is 10.0. The minimum Gasteiger partial charge on any atom is -0.455 e. The van der Waals surface area contributed by atoms with Crippen LogP contribution in [0.2, 0.25) is 0 Å². The lowest BCUT2D eigenvalue weighted by Crippen LogP contribution is -1.88. The minimum atomic E-state index is 0.931. The smallest absolute Gasteiger partial charge is 0.143 e. The fourth-order valence-corrected chi connectivity index (χ4v) is 7.87. The lowest BCUT2D eigenvalue weighted by molar-refractivity contribution is 0.666. The molecular formula is C47H37NO2. The summed E-state index contributed by atoms with van der Waals surface area (Å²) in [5.41, 5.74) is 19.8. The molecule has 0 bridgehead atoms. The Kier molecular flexibility index (Phi) is 6.82. The molecule has 3 nitrogen and oxygen atoms in total. The summed E-state index contributed by atoms with van der Waals surface area (Å²) >= 11 is 0. The Balaban J connectivity index is 1.12. The molecule has 50 heavy (non-hydrogen) atoms. The number of pyridine rings is 1. The van der Waals surface area contributed by atoms with Crippen molar-refractivity contribution in [3.05, 3.63) is 149 Å². The van der Waals surface area contributed by atoms with Gasteiger partial charge in [-0.05, 0) is 152 Å². The normalized spacial score (nSPS) is 11.8. The molecule has 242 valence electrons. The Labute approximate surface area is 291 Å². The lowest BCUT2D eigenvalue weighted by Gasteiger charge is -2.10. The van der Waals surface area contributed by atoms with Crippen molar-refractivity contribution >= 4 is 43.9 Å². The van der Waals surface area contributed by atoms with Gasteiger partial charge >= 0.3 is 0 Å². The van der Waals surface area contributed by atoms with E-state index in [1.54, 1.807) is 0 Å². The maximum atomic E-state index is 6.59. The average molecular weight is 648 g/mol. The molecule has 0 unspecified atom stereocenters. The summed E-state index contributed by atoms with van der Waals surface area (Å²) in [5, 5.41) is 4.67. The van der Waals surface area contributed by atoms with E-state index in [9.17, 15) is 0 Å². The van der Waals surface area contributed by atoms with E-state index in [1.165, 1.54) is 33.0 Å². The maximum Gasteiger partial charge on any atom is 0.143 e. The van der Waals surface area contributed by atoms with Crippen LogP contribution in [0.1, 0.15) is 33.4 Å². The van der Waals surface area contributed by atoms with Crippen molar-refractivity contribution in [2.45, 2.75) is 41.5 Å². The molecule has 3 aromatic heterocycles. The van der Waals surface area contributed by atoms with Gasteiger partial charge < -0.3 is 8.83 Å². The molecule has 3 heteroatoms. The highest BCUT2D eigenvalue weighted by molar-refractivity contribution is 6.12. The molecule has 0 aliphatic heterocycles. The summed E-state index contributed by atoms with van der Waals surface area (Å²) in [6.45, 7) is 12.9. The Morgan fingerprint density at radius 3 is 1.16 bits per heavy atom. The molecule has 3 heterocycles. The summed E-state index contributed by atoms with van der Waals surface area (Å²) in [7, 11) is 0. The number of fused-ring (bicyclic) bond motifs is 6. The van der Waals surface area contributed by atoms with E-state index < -0.39 is 0 Å². The minimum absolute atomic E-state index is 0.931. The van der Waals surface area contributed by atoms with Gasteiger partial charge in [0.05, 0.1) is 0 Å². The first-order valence-electron chi connectivity index (χ1n) is 17.2. The zero-order valence-corrected chi connectivity index (χ0v) is 29.2. The van der Waals surface area contributed by atoms with Crippen molar-refractivity contribution in [1.82, 2.24) is 4.98 Å². The van der Waals surface area contributed by atoms with E-state index in [4.69, 9.17) is 13.8 Å². The van der Waals surface area contributed by atoms with Crippen LogP contribution in [0, 0.1) is 41.5 Å². The Morgan fingerprint density at radius 1 is 0.360 bits per heavy atom. The number of nitrogens with zero attached hydrogens (tertiary/aromatic N) is 1. The van der Waals surface area contributed by atoms with Gasteiger partial charge in [-0.1, -0.05) is 48.5 Å². The summed E-state index contributed by atoms with van der Waals surface area (Å²) in [6.07, 6.45) is 3.91. The van der Waals surface area contributed by atoms with E-state index >= 15 is 0 Å². The van der Waals surface area contributed by atoms with Crippen molar-refractivity contribution in [1.29, 1.82) is 0 Å². The summed E-state index contributed by atoms with van der Waals surface area (Å²) in [4.78, 5) is 4.73. The van der Waals surface area contributed by atoms with Gasteiger partial charge in [-0.2, -0.15) is 0 Å². The first kappa shape index (κ1) is 30.2. The van der Waals surface area contributed by atoms with Gasteiger partial charge in [-0.25, -0.2) is 0 Å². The highest BCUT2D eigenvalue weighted by atomic mass is 16.3. The van der Waals surface area contributed by atoms with Crippen LogP contribution in [0.4, 0.5) is 0 Å². The van der Waals surface area contributed by atoms with Crippen LogP contribution in [0.5, 0.6) is 0 Å². The fraction of sp³-hybridized carbons (Fsp3) is 0.128. The number of benzene rings is 6. The van der Waals surface area contributed by atoms with E-state index in [0.29, 0.717) is 0 Å².